The van der Waals surface area contributed by atoms with E-state index in [1.54, 1.807) is 34.5 Å². The summed E-state index contributed by atoms with van der Waals surface area (Å²) in [4.78, 5) is 35.4. The van der Waals surface area contributed by atoms with E-state index >= 15 is 0 Å². The van der Waals surface area contributed by atoms with E-state index in [1.807, 2.05) is 28.7 Å². The first-order chi connectivity index (χ1) is 13.5. The second kappa shape index (κ2) is 8.24. The molecule has 146 valence electrons. The highest BCUT2D eigenvalue weighted by Crippen LogP contribution is 2.24. The van der Waals surface area contributed by atoms with Gasteiger partial charge in [0.15, 0.2) is 4.96 Å². The van der Waals surface area contributed by atoms with Crippen LogP contribution in [0.25, 0.3) is 4.96 Å². The Kier molecular flexibility index (Phi) is 5.73. The van der Waals surface area contributed by atoms with Crippen LogP contribution in [0.5, 0.6) is 0 Å². The maximum Gasteiger partial charge on any atom is 0.258 e. The quantitative estimate of drug-likeness (QED) is 0.590. The molecule has 4 rings (SSSR count). The van der Waals surface area contributed by atoms with Crippen LogP contribution >= 0.6 is 34.7 Å². The molecule has 3 aromatic rings. The maximum absolute atomic E-state index is 12.9. The Morgan fingerprint density at radius 3 is 2.79 bits per heavy atom. The number of aromatic nitrogens is 2. The van der Waals surface area contributed by atoms with Crippen molar-refractivity contribution in [1.82, 2.24) is 19.2 Å². The number of thioether (sulfide) groups is 1. The van der Waals surface area contributed by atoms with Crippen LogP contribution in [-0.2, 0) is 6.54 Å². The molecule has 0 unspecified atom stereocenters. The van der Waals surface area contributed by atoms with E-state index < -0.39 is 0 Å². The van der Waals surface area contributed by atoms with Crippen LogP contribution < -0.4 is 5.56 Å². The van der Waals surface area contributed by atoms with Crippen LogP contribution in [-0.4, -0.2) is 57.5 Å². The maximum atomic E-state index is 12.9. The van der Waals surface area contributed by atoms with Crippen molar-refractivity contribution in [3.05, 3.63) is 62.5 Å². The monoisotopic (exact) mass is 434 g/mol. The van der Waals surface area contributed by atoms with Gasteiger partial charge < -0.3 is 4.90 Å². The lowest BCUT2D eigenvalue weighted by Gasteiger charge is -2.34. The number of nitrogens with zero attached hydrogens (tertiary/aromatic N) is 4. The van der Waals surface area contributed by atoms with Crippen LogP contribution in [0, 0.1) is 0 Å². The lowest BCUT2D eigenvalue weighted by Crippen LogP contribution is -2.48. The second-order valence-electron chi connectivity index (χ2n) is 6.56. The fourth-order valence-corrected chi connectivity index (χ4v) is 4.65. The molecule has 9 heteroatoms. The average Bonchev–Trinajstić information content (AvgIpc) is 3.18. The number of carbonyl (C=O) groups is 1. The van der Waals surface area contributed by atoms with Gasteiger partial charge >= 0.3 is 0 Å². The molecule has 1 aromatic carbocycles. The third-order valence-electron chi connectivity index (χ3n) is 4.81. The van der Waals surface area contributed by atoms with Crippen molar-refractivity contribution >= 4 is 45.6 Å². The van der Waals surface area contributed by atoms with E-state index in [0.717, 1.165) is 23.7 Å². The van der Waals surface area contributed by atoms with Crippen molar-refractivity contribution < 1.29 is 4.79 Å². The van der Waals surface area contributed by atoms with Crippen LogP contribution in [0.2, 0.25) is 5.02 Å². The molecular weight excluding hydrogens is 416 g/mol. The summed E-state index contributed by atoms with van der Waals surface area (Å²) in [5.41, 5.74) is 1.26. The van der Waals surface area contributed by atoms with Gasteiger partial charge in [0.2, 0.25) is 0 Å². The van der Waals surface area contributed by atoms with Crippen molar-refractivity contribution in [3.8, 4) is 0 Å². The Hall–Kier alpha value is -1.87. The molecule has 0 spiro atoms. The zero-order valence-corrected chi connectivity index (χ0v) is 17.7. The van der Waals surface area contributed by atoms with Gasteiger partial charge in [-0.3, -0.25) is 18.9 Å². The summed E-state index contributed by atoms with van der Waals surface area (Å²) in [6.07, 6.45) is 3.71. The predicted octanol–water partition coefficient (Wildman–Crippen LogP) is 3.09. The summed E-state index contributed by atoms with van der Waals surface area (Å²) >= 11 is 9.29. The molecule has 0 N–H and O–H groups in total. The summed E-state index contributed by atoms with van der Waals surface area (Å²) in [6, 6.07) is 7.14. The van der Waals surface area contributed by atoms with Gasteiger partial charge in [-0.15, -0.1) is 23.1 Å². The lowest BCUT2D eigenvalue weighted by atomic mass is 10.1. The van der Waals surface area contributed by atoms with Crippen LogP contribution in [0.1, 0.15) is 16.1 Å². The highest BCUT2D eigenvalue weighted by molar-refractivity contribution is 7.98. The van der Waals surface area contributed by atoms with Crippen molar-refractivity contribution in [2.45, 2.75) is 11.4 Å². The molecule has 2 aromatic heterocycles. The van der Waals surface area contributed by atoms with Gasteiger partial charge in [0.05, 0.1) is 16.3 Å². The highest BCUT2D eigenvalue weighted by Gasteiger charge is 2.24. The standard InChI is InChI=1S/C19H19ClN4O2S2/c1-27-14-2-3-16(20)15(11-14)18(26)23-6-4-22(5-7-23)12-13-10-17(25)24-8-9-28-19(24)21-13/h2-3,8-11H,4-7,12H2,1H3. The average molecular weight is 435 g/mol. The van der Waals surface area contributed by atoms with E-state index in [9.17, 15) is 9.59 Å². The summed E-state index contributed by atoms with van der Waals surface area (Å²) in [5, 5.41) is 2.34. The van der Waals surface area contributed by atoms with Gasteiger partial charge in [-0.1, -0.05) is 11.6 Å². The fraction of sp³-hybridized carbons (Fsp3) is 0.316. The third kappa shape index (κ3) is 3.96. The molecular formula is C19H19ClN4O2S2. The Morgan fingerprint density at radius 1 is 1.25 bits per heavy atom. The van der Waals surface area contributed by atoms with Crippen LogP contribution in [0.3, 0.4) is 0 Å². The number of piperazine rings is 1. The zero-order valence-electron chi connectivity index (χ0n) is 15.3. The lowest BCUT2D eigenvalue weighted by molar-refractivity contribution is 0.0627. The first kappa shape index (κ1) is 19.4. The number of amides is 1. The largest absolute Gasteiger partial charge is 0.336 e. The molecule has 28 heavy (non-hydrogen) atoms. The minimum atomic E-state index is -0.0571. The number of hydrogen-bond acceptors (Lipinski definition) is 6. The van der Waals surface area contributed by atoms with Gasteiger partial charge in [0, 0.05) is 55.3 Å². The Labute approximate surface area is 175 Å². The molecule has 0 aliphatic carbocycles. The van der Waals surface area contributed by atoms with Crippen molar-refractivity contribution in [2.24, 2.45) is 0 Å². The molecule has 1 saturated heterocycles. The van der Waals surface area contributed by atoms with Gasteiger partial charge in [0.25, 0.3) is 11.5 Å². The first-order valence-electron chi connectivity index (χ1n) is 8.86. The molecule has 0 radical (unpaired) electrons. The van der Waals surface area contributed by atoms with Crippen molar-refractivity contribution in [3.63, 3.8) is 0 Å². The number of fused-ring (bicyclic) bond motifs is 1. The number of rotatable bonds is 4. The van der Waals surface area contributed by atoms with Crippen molar-refractivity contribution in [2.75, 3.05) is 32.4 Å². The fourth-order valence-electron chi connectivity index (χ4n) is 3.27. The third-order valence-corrected chi connectivity index (χ3v) is 6.62. The smallest absolute Gasteiger partial charge is 0.258 e. The Morgan fingerprint density at radius 2 is 2.04 bits per heavy atom. The topological polar surface area (TPSA) is 57.9 Å². The number of hydrogen-bond donors (Lipinski definition) is 0. The van der Waals surface area contributed by atoms with Gasteiger partial charge in [-0.2, -0.15) is 0 Å². The van der Waals surface area contributed by atoms with Crippen LogP contribution in [0.15, 0.2) is 45.5 Å². The predicted molar refractivity (Wildman–Crippen MR) is 114 cm³/mol. The normalized spacial score (nSPS) is 15.3. The van der Waals surface area contributed by atoms with Gasteiger partial charge in [0.1, 0.15) is 0 Å². The molecule has 0 saturated carbocycles. The number of thiazole rings is 1. The van der Waals surface area contributed by atoms with E-state index in [1.165, 1.54) is 11.3 Å². The van der Waals surface area contributed by atoms with Gasteiger partial charge in [-0.25, -0.2) is 4.98 Å². The molecule has 0 atom stereocenters. The number of benzene rings is 1. The molecule has 1 fully saturated rings. The molecule has 3 heterocycles. The number of halogens is 1. The zero-order chi connectivity index (χ0) is 19.7. The molecule has 1 aliphatic heterocycles. The van der Waals surface area contributed by atoms with Crippen LogP contribution in [0.4, 0.5) is 0 Å². The summed E-state index contributed by atoms with van der Waals surface area (Å²) in [5.74, 6) is -0.0306. The summed E-state index contributed by atoms with van der Waals surface area (Å²) in [7, 11) is 0. The van der Waals surface area contributed by atoms with E-state index in [4.69, 9.17) is 11.6 Å². The second-order valence-corrected chi connectivity index (χ2v) is 8.72. The molecule has 1 aliphatic rings. The summed E-state index contributed by atoms with van der Waals surface area (Å²) in [6.45, 7) is 3.32. The first-order valence-corrected chi connectivity index (χ1v) is 11.3. The SMILES string of the molecule is CSc1ccc(Cl)c(C(=O)N2CCN(Cc3cc(=O)n4ccsc4n3)CC2)c1. The number of carbonyl (C=O) groups excluding carboxylic acids is 1. The van der Waals surface area contributed by atoms with E-state index in [2.05, 4.69) is 9.88 Å². The molecule has 1 amide bonds. The van der Waals surface area contributed by atoms with E-state index in [0.29, 0.717) is 35.2 Å². The Balaban J connectivity index is 1.41. The van der Waals surface area contributed by atoms with E-state index in [-0.39, 0.29) is 11.5 Å². The molecule has 0 bridgehead atoms. The highest BCUT2D eigenvalue weighted by atomic mass is 35.5. The summed E-state index contributed by atoms with van der Waals surface area (Å²) < 4.78 is 1.55. The Bertz CT molecular complexity index is 1070. The molecule has 6 nitrogen and oxygen atoms in total. The van der Waals surface area contributed by atoms with Gasteiger partial charge in [-0.05, 0) is 24.5 Å². The van der Waals surface area contributed by atoms with Crippen molar-refractivity contribution in [1.29, 1.82) is 0 Å². The minimum Gasteiger partial charge on any atom is -0.336 e. The minimum absolute atomic E-state index is 0.0306.